The van der Waals surface area contributed by atoms with E-state index in [2.05, 4.69) is 24.9 Å². The summed E-state index contributed by atoms with van der Waals surface area (Å²) in [6.45, 7) is 6.20. The molecule has 2 nitrogen and oxygen atoms in total. The second-order valence-corrected chi connectivity index (χ2v) is 3.06. The summed E-state index contributed by atoms with van der Waals surface area (Å²) in [5, 5.41) is 0. The molecule has 1 aromatic rings. The zero-order chi connectivity index (χ0) is 9.84. The summed E-state index contributed by atoms with van der Waals surface area (Å²) in [6.07, 6.45) is 4.82. The van der Waals surface area contributed by atoms with Gasteiger partial charge in [0, 0.05) is 11.8 Å². The summed E-state index contributed by atoms with van der Waals surface area (Å²) < 4.78 is 0. The average Bonchev–Trinajstić information content (AvgIpc) is 2.16. The van der Waals surface area contributed by atoms with Gasteiger partial charge in [-0.25, -0.2) is 4.98 Å². The molecule has 1 rings (SSSR count). The van der Waals surface area contributed by atoms with Gasteiger partial charge >= 0.3 is 0 Å². The second-order valence-electron chi connectivity index (χ2n) is 3.06. The smallest absolute Gasteiger partial charge is 0.131 e. The number of hydrogen-bond donors (Lipinski definition) is 1. The van der Waals surface area contributed by atoms with E-state index < -0.39 is 0 Å². The van der Waals surface area contributed by atoms with E-state index in [1.165, 1.54) is 11.1 Å². The van der Waals surface area contributed by atoms with Crippen molar-refractivity contribution in [3.05, 3.63) is 29.5 Å². The van der Waals surface area contributed by atoms with Gasteiger partial charge in [0.15, 0.2) is 0 Å². The molecule has 0 spiro atoms. The molecular weight excluding hydrogens is 160 g/mol. The van der Waals surface area contributed by atoms with Crippen LogP contribution in [0, 0.1) is 0 Å². The minimum atomic E-state index is 0.634. The van der Waals surface area contributed by atoms with Crippen LogP contribution in [0.2, 0.25) is 0 Å². The fourth-order valence-electron chi connectivity index (χ4n) is 1.41. The highest BCUT2D eigenvalue weighted by molar-refractivity contribution is 5.74. The lowest BCUT2D eigenvalue weighted by Gasteiger charge is -2.09. The Hall–Kier alpha value is -1.31. The molecule has 0 bridgehead atoms. The molecule has 0 fully saturated rings. The van der Waals surface area contributed by atoms with Crippen LogP contribution in [-0.4, -0.2) is 4.98 Å². The van der Waals surface area contributed by atoms with Gasteiger partial charge in [-0.1, -0.05) is 13.0 Å². The molecule has 0 saturated carbocycles. The number of allylic oxidation sites excluding steroid dienone is 2. The number of aryl methyl sites for hydroxylation is 1. The highest BCUT2D eigenvalue weighted by Crippen LogP contribution is 2.23. The minimum Gasteiger partial charge on any atom is -0.383 e. The lowest BCUT2D eigenvalue weighted by Crippen LogP contribution is -2.00. The van der Waals surface area contributed by atoms with E-state index >= 15 is 0 Å². The third-order valence-electron chi connectivity index (χ3n) is 2.27. The van der Waals surface area contributed by atoms with E-state index in [-0.39, 0.29) is 0 Å². The number of hydrogen-bond acceptors (Lipinski definition) is 2. The van der Waals surface area contributed by atoms with Gasteiger partial charge in [0.2, 0.25) is 0 Å². The monoisotopic (exact) mass is 176 g/mol. The summed E-state index contributed by atoms with van der Waals surface area (Å²) in [6, 6.07) is 2.03. The highest BCUT2D eigenvalue weighted by Gasteiger charge is 2.06. The van der Waals surface area contributed by atoms with Gasteiger partial charge in [0.05, 0.1) is 0 Å². The van der Waals surface area contributed by atoms with Crippen LogP contribution >= 0.6 is 0 Å². The van der Waals surface area contributed by atoms with Crippen LogP contribution in [0.25, 0.3) is 5.57 Å². The van der Waals surface area contributed by atoms with Crippen molar-refractivity contribution in [2.45, 2.75) is 27.2 Å². The molecular formula is C11H16N2. The predicted octanol–water partition coefficient (Wildman–Crippen LogP) is 2.65. The topological polar surface area (TPSA) is 38.9 Å². The van der Waals surface area contributed by atoms with Crippen molar-refractivity contribution < 1.29 is 0 Å². The number of nitrogens with two attached hydrogens (primary N) is 1. The maximum atomic E-state index is 5.82. The van der Waals surface area contributed by atoms with Gasteiger partial charge in [-0.2, -0.15) is 0 Å². The average molecular weight is 176 g/mol. The SMILES string of the molecule is C/C=C(/C)c1c(CC)ccnc1N. The summed E-state index contributed by atoms with van der Waals surface area (Å²) in [5.74, 6) is 0.634. The number of nitrogens with zero attached hydrogens (tertiary/aromatic N) is 1. The summed E-state index contributed by atoms with van der Waals surface area (Å²) in [5.41, 5.74) is 9.39. The molecule has 0 aliphatic rings. The van der Waals surface area contributed by atoms with E-state index in [0.717, 1.165) is 12.0 Å². The normalized spacial score (nSPS) is 11.8. The molecule has 0 aromatic carbocycles. The molecule has 0 aliphatic carbocycles. The second kappa shape index (κ2) is 4.08. The van der Waals surface area contributed by atoms with Gasteiger partial charge in [-0.15, -0.1) is 0 Å². The van der Waals surface area contributed by atoms with E-state index in [0.29, 0.717) is 5.82 Å². The highest BCUT2D eigenvalue weighted by atomic mass is 14.8. The van der Waals surface area contributed by atoms with Crippen molar-refractivity contribution in [3.8, 4) is 0 Å². The molecule has 0 radical (unpaired) electrons. The molecule has 70 valence electrons. The lowest BCUT2D eigenvalue weighted by atomic mass is 10.0. The van der Waals surface area contributed by atoms with Crippen molar-refractivity contribution in [1.29, 1.82) is 0 Å². The van der Waals surface area contributed by atoms with Gasteiger partial charge in [-0.05, 0) is 37.5 Å². The number of anilines is 1. The zero-order valence-electron chi connectivity index (χ0n) is 8.46. The molecule has 0 amide bonds. The Balaban J connectivity index is 3.31. The first kappa shape index (κ1) is 9.78. The number of rotatable bonds is 2. The fraction of sp³-hybridized carbons (Fsp3) is 0.364. The van der Waals surface area contributed by atoms with Crippen molar-refractivity contribution in [2.75, 3.05) is 5.73 Å². The molecule has 0 saturated heterocycles. The Bertz CT molecular complexity index is 327. The fourth-order valence-corrected chi connectivity index (χ4v) is 1.41. The van der Waals surface area contributed by atoms with Crippen LogP contribution in [0.1, 0.15) is 31.9 Å². The minimum absolute atomic E-state index is 0.634. The van der Waals surface area contributed by atoms with Crippen molar-refractivity contribution in [3.63, 3.8) is 0 Å². The maximum absolute atomic E-state index is 5.82. The van der Waals surface area contributed by atoms with E-state index in [9.17, 15) is 0 Å². The number of pyridine rings is 1. The predicted molar refractivity (Wildman–Crippen MR) is 57.4 cm³/mol. The Morgan fingerprint density at radius 1 is 1.62 bits per heavy atom. The summed E-state index contributed by atoms with van der Waals surface area (Å²) >= 11 is 0. The number of aromatic nitrogens is 1. The Morgan fingerprint density at radius 2 is 2.31 bits per heavy atom. The molecule has 0 unspecified atom stereocenters. The summed E-state index contributed by atoms with van der Waals surface area (Å²) in [4.78, 5) is 4.09. The number of nitrogen functional groups attached to an aromatic ring is 1. The van der Waals surface area contributed by atoms with Crippen LogP contribution in [-0.2, 0) is 6.42 Å². The maximum Gasteiger partial charge on any atom is 0.131 e. The van der Waals surface area contributed by atoms with Gasteiger partial charge in [0.25, 0.3) is 0 Å². The quantitative estimate of drug-likeness (QED) is 0.752. The standard InChI is InChI=1S/C11H16N2/c1-4-8(3)10-9(5-2)6-7-13-11(10)12/h4,6-7H,5H2,1-3H3,(H2,12,13)/b8-4-. The first-order valence-corrected chi connectivity index (χ1v) is 4.57. The third-order valence-corrected chi connectivity index (χ3v) is 2.27. The summed E-state index contributed by atoms with van der Waals surface area (Å²) in [7, 11) is 0. The molecule has 0 atom stereocenters. The molecule has 2 heteroatoms. The first-order chi connectivity index (χ1) is 6.20. The first-order valence-electron chi connectivity index (χ1n) is 4.57. The van der Waals surface area contributed by atoms with Crippen LogP contribution in [0.4, 0.5) is 5.82 Å². The van der Waals surface area contributed by atoms with Crippen molar-refractivity contribution in [2.24, 2.45) is 0 Å². The van der Waals surface area contributed by atoms with Crippen LogP contribution < -0.4 is 5.73 Å². The Labute approximate surface area is 79.5 Å². The van der Waals surface area contributed by atoms with Gasteiger partial charge < -0.3 is 5.73 Å². The Morgan fingerprint density at radius 3 is 2.85 bits per heavy atom. The van der Waals surface area contributed by atoms with E-state index in [4.69, 9.17) is 5.73 Å². The van der Waals surface area contributed by atoms with E-state index in [1.54, 1.807) is 6.20 Å². The van der Waals surface area contributed by atoms with Crippen LogP contribution in [0.3, 0.4) is 0 Å². The lowest BCUT2D eigenvalue weighted by molar-refractivity contribution is 1.11. The van der Waals surface area contributed by atoms with E-state index in [1.807, 2.05) is 13.0 Å². The van der Waals surface area contributed by atoms with Crippen molar-refractivity contribution >= 4 is 11.4 Å². The largest absolute Gasteiger partial charge is 0.383 e. The van der Waals surface area contributed by atoms with Crippen LogP contribution in [0.5, 0.6) is 0 Å². The van der Waals surface area contributed by atoms with Crippen molar-refractivity contribution in [1.82, 2.24) is 4.98 Å². The van der Waals surface area contributed by atoms with Crippen LogP contribution in [0.15, 0.2) is 18.3 Å². The van der Waals surface area contributed by atoms with Gasteiger partial charge in [0.1, 0.15) is 5.82 Å². The van der Waals surface area contributed by atoms with Gasteiger partial charge in [-0.3, -0.25) is 0 Å². The third kappa shape index (κ3) is 1.89. The Kier molecular flexibility index (Phi) is 3.07. The molecule has 1 heterocycles. The molecule has 13 heavy (non-hydrogen) atoms. The zero-order valence-corrected chi connectivity index (χ0v) is 8.46. The molecule has 2 N–H and O–H groups in total. The molecule has 0 aliphatic heterocycles. The molecule has 1 aromatic heterocycles.